The molecule has 0 radical (unpaired) electrons. The molecule has 13 amide bonds. The predicted octanol–water partition coefficient (Wildman–Crippen LogP) is 1.81. The van der Waals surface area contributed by atoms with Crippen molar-refractivity contribution in [3.8, 4) is 23.0 Å². The third-order valence-electron chi connectivity index (χ3n) is 14.6. The van der Waals surface area contributed by atoms with Crippen LogP contribution in [-0.2, 0) is 35.2 Å². The molecule has 98 heavy (non-hydrogen) atoms. The number of carbonyl (C=O) groups excluding carboxylic acids is 11. The lowest BCUT2D eigenvalue weighted by Gasteiger charge is -2.22. The molecule has 34 nitrogen and oxygen atoms in total. The lowest BCUT2D eigenvalue weighted by atomic mass is 10.0. The average molecular weight is 1360 g/mol. The highest BCUT2D eigenvalue weighted by molar-refractivity contribution is 6.08. The van der Waals surface area contributed by atoms with Crippen LogP contribution in [0.15, 0.2) is 103 Å². The number of hydrogen-bond donors (Lipinski definition) is 18. The summed E-state index contributed by atoms with van der Waals surface area (Å²) < 4.78 is 21.8. The van der Waals surface area contributed by atoms with E-state index in [0.717, 1.165) is 23.0 Å². The number of nitrogens with one attached hydrogen (secondary N) is 13. The van der Waals surface area contributed by atoms with Gasteiger partial charge in [-0.25, -0.2) is 14.4 Å². The fourth-order valence-corrected chi connectivity index (χ4v) is 9.89. The van der Waals surface area contributed by atoms with Crippen LogP contribution in [0.25, 0.3) is 10.9 Å². The number of hydrogen-bond acceptors (Lipinski definition) is 17. The Morgan fingerprint density at radius 2 is 0.857 bits per heavy atom. The summed E-state index contributed by atoms with van der Waals surface area (Å²) in [6.45, 7) is 0.322. The van der Waals surface area contributed by atoms with E-state index in [0.29, 0.717) is 5.56 Å². The van der Waals surface area contributed by atoms with Crippen LogP contribution in [0.4, 0.5) is 32.3 Å². The van der Waals surface area contributed by atoms with Gasteiger partial charge in [0.15, 0.2) is 12.6 Å². The number of carboxylic acid groups (broad SMARTS) is 1. The number of benzene rings is 5. The van der Waals surface area contributed by atoms with Crippen molar-refractivity contribution < 1.29 is 81.6 Å². The molecule has 5 aromatic carbocycles. The van der Waals surface area contributed by atoms with Gasteiger partial charge in [-0.15, -0.1) is 0 Å². The molecule has 0 fully saturated rings. The number of carbonyl (C=O) groups is 12. The van der Waals surface area contributed by atoms with Gasteiger partial charge in [-0.05, 0) is 123 Å². The second-order valence-corrected chi connectivity index (χ2v) is 21.7. The molecule has 0 aliphatic carbocycles. The average Bonchev–Trinajstić information content (AvgIpc) is 1.87. The summed E-state index contributed by atoms with van der Waals surface area (Å²) in [4.78, 5) is 162. The minimum absolute atomic E-state index is 0.00800. The van der Waals surface area contributed by atoms with Crippen LogP contribution in [0.3, 0.4) is 0 Å². The maximum Gasteiger partial charge on any atom is 0.341 e. The number of carboxylic acids is 1. The first-order valence-electron chi connectivity index (χ1n) is 30.2. The first-order valence-corrected chi connectivity index (χ1v) is 30.2. The maximum absolute atomic E-state index is 14.5. The molecule has 0 bridgehead atoms. The number of aliphatic carboxylic acids is 1. The van der Waals surface area contributed by atoms with Gasteiger partial charge in [0.1, 0.15) is 47.2 Å². The summed E-state index contributed by atoms with van der Waals surface area (Å²) in [5.74, 6) is -9.33. The summed E-state index contributed by atoms with van der Waals surface area (Å²) >= 11 is 0. The van der Waals surface area contributed by atoms with Crippen molar-refractivity contribution in [3.05, 3.63) is 131 Å². The SMILES string of the molecule is COc1ccc(NC(=O)[C@@H](CCCNC(N)=O)NC(=O)c2cc(NC(=O)[C@@H](CCCNC(N)=O)NC(=O)c3cc(NC(=O)[C@@H](CCCNC(=N)N)NC(=O)c4cc(NC(C)=O)ccc4OC)ccc3OC)ccc2OCC(=O)O)cc1C(=O)N[C@H](Cc1c[nH]c2ccccc12)C(N)=O. The molecule has 4 atom stereocenters. The topological polar surface area (TPSA) is 538 Å². The van der Waals surface area contributed by atoms with Crippen molar-refractivity contribution in [2.24, 2.45) is 22.9 Å². The molecule has 0 unspecified atom stereocenters. The molecule has 34 heteroatoms. The Kier molecular flexibility index (Phi) is 27.4. The molecule has 0 aliphatic heterocycles. The van der Waals surface area contributed by atoms with E-state index in [9.17, 15) is 62.6 Å². The lowest BCUT2D eigenvalue weighted by molar-refractivity contribution is -0.139. The normalized spacial score (nSPS) is 11.9. The molecular weight excluding hydrogens is 1280 g/mol. The number of ether oxygens (including phenoxy) is 4. The molecule has 0 spiro atoms. The van der Waals surface area contributed by atoms with Gasteiger partial charge < -0.3 is 110 Å². The number of rotatable bonds is 36. The molecule has 0 saturated carbocycles. The Labute approximate surface area is 560 Å². The Morgan fingerprint density at radius 1 is 0.490 bits per heavy atom. The van der Waals surface area contributed by atoms with Gasteiger partial charge in [0.05, 0.1) is 43.6 Å². The molecular formula is C64H77N17O17. The highest BCUT2D eigenvalue weighted by Crippen LogP contribution is 2.29. The molecule has 6 rings (SSSR count). The number of nitrogens with two attached hydrogens (primary N) is 4. The fourth-order valence-electron chi connectivity index (χ4n) is 9.89. The number of aromatic amines is 1. The van der Waals surface area contributed by atoms with Crippen molar-refractivity contribution in [3.63, 3.8) is 0 Å². The predicted molar refractivity (Wildman–Crippen MR) is 358 cm³/mol. The number of primary amides is 3. The van der Waals surface area contributed by atoms with Crippen molar-refractivity contribution in [1.82, 2.24) is 42.2 Å². The van der Waals surface area contributed by atoms with Gasteiger partial charge in [0.25, 0.3) is 23.6 Å². The van der Waals surface area contributed by atoms with E-state index in [4.69, 9.17) is 47.3 Å². The van der Waals surface area contributed by atoms with Crippen molar-refractivity contribution in [2.75, 3.05) is 68.8 Å². The Balaban J connectivity index is 1.24. The number of guanidine groups is 1. The zero-order chi connectivity index (χ0) is 71.6. The quantitative estimate of drug-likeness (QED) is 0.0151. The third kappa shape index (κ3) is 22.3. The highest BCUT2D eigenvalue weighted by Gasteiger charge is 2.30. The first-order chi connectivity index (χ1) is 46.8. The van der Waals surface area contributed by atoms with Gasteiger partial charge in [-0.2, -0.15) is 0 Å². The summed E-state index contributed by atoms with van der Waals surface area (Å²) in [6, 6.07) is 15.9. The van der Waals surface area contributed by atoms with E-state index in [1.165, 1.54) is 88.9 Å². The maximum atomic E-state index is 14.5. The summed E-state index contributed by atoms with van der Waals surface area (Å²) in [6.07, 6.45) is 1.62. The van der Waals surface area contributed by atoms with Crippen LogP contribution in [-0.4, -0.2) is 159 Å². The number of urea groups is 2. The monoisotopic (exact) mass is 1360 g/mol. The third-order valence-corrected chi connectivity index (χ3v) is 14.6. The zero-order valence-corrected chi connectivity index (χ0v) is 53.7. The van der Waals surface area contributed by atoms with Gasteiger partial charge in [-0.3, -0.25) is 48.6 Å². The minimum atomic E-state index is -1.48. The number of amides is 13. The van der Waals surface area contributed by atoms with Crippen molar-refractivity contribution >= 4 is 111 Å². The molecule has 0 aliphatic rings. The second kappa shape index (κ2) is 36.1. The Bertz CT molecular complexity index is 3970. The number of fused-ring (bicyclic) bond motifs is 1. The number of anilines is 4. The van der Waals surface area contributed by atoms with Crippen molar-refractivity contribution in [1.29, 1.82) is 5.41 Å². The van der Waals surface area contributed by atoms with E-state index in [1.54, 1.807) is 6.20 Å². The lowest BCUT2D eigenvalue weighted by Crippen LogP contribution is -2.46. The summed E-state index contributed by atoms with van der Waals surface area (Å²) in [5, 5.41) is 46.4. The zero-order valence-electron chi connectivity index (χ0n) is 53.7. The molecule has 1 heterocycles. The van der Waals surface area contributed by atoms with Crippen LogP contribution in [0.5, 0.6) is 23.0 Å². The number of para-hydroxylation sites is 1. The molecule has 0 saturated heterocycles. The highest BCUT2D eigenvalue weighted by atomic mass is 16.5. The van der Waals surface area contributed by atoms with Gasteiger partial charge >= 0.3 is 18.0 Å². The Morgan fingerprint density at radius 3 is 1.22 bits per heavy atom. The summed E-state index contributed by atoms with van der Waals surface area (Å²) in [5.41, 5.74) is 22.6. The van der Waals surface area contributed by atoms with Crippen LogP contribution in [0, 0.1) is 5.41 Å². The molecule has 22 N–H and O–H groups in total. The summed E-state index contributed by atoms with van der Waals surface area (Å²) in [7, 11) is 3.87. The molecule has 520 valence electrons. The van der Waals surface area contributed by atoms with Crippen LogP contribution >= 0.6 is 0 Å². The number of H-pyrrole nitrogens is 1. The Hall–Kier alpha value is -12.7. The molecule has 1 aromatic heterocycles. The molecule has 6 aromatic rings. The van der Waals surface area contributed by atoms with E-state index < -0.39 is 108 Å². The minimum Gasteiger partial charge on any atom is -0.496 e. The second-order valence-electron chi connectivity index (χ2n) is 21.7. The standard InChI is InChI=1S/C64H77N17O17/c1-33(82)74-35-15-19-49(95-2)40(27-35)55(86)78-45(12-7-23-70-62(66)67)59(90)75-36-16-20-50(96-3)41(28-36)56(87)79-46(13-8-24-71-63(68)93)60(91)77-38-18-22-52(98-32-53(83)84)43(30-38)58(89)80-47(14-9-25-72-64(69)94)61(92)76-37-17-21-51(97-4)42(29-37)57(88)81-48(54(65)85)26-34-31-73-44-11-6-5-10-39(34)44/h5-6,10-11,15-22,27-31,45-48,73H,7-9,12-14,23-26,32H2,1-4H3,(H2,65,85)(H,74,82)(H,75,90)(H,76,92)(H,77,91)(H,78,86)(H,79,87)(H,80,89)(H,81,88)(H,83,84)(H4,66,67,70)(H3,68,71,93)(H3,69,72,94)/t45-,46-,47-,48-/m1/s1. The van der Waals surface area contributed by atoms with E-state index in [-0.39, 0.29) is 133 Å². The van der Waals surface area contributed by atoms with Gasteiger partial charge in [0.2, 0.25) is 29.5 Å². The largest absolute Gasteiger partial charge is 0.496 e. The van der Waals surface area contributed by atoms with E-state index >= 15 is 0 Å². The van der Waals surface area contributed by atoms with Crippen LogP contribution in [0.1, 0.15) is 92.4 Å². The smallest absolute Gasteiger partial charge is 0.341 e. The van der Waals surface area contributed by atoms with Gasteiger partial charge in [0, 0.05) is 72.8 Å². The van der Waals surface area contributed by atoms with E-state index in [1.807, 2.05) is 24.3 Å². The van der Waals surface area contributed by atoms with Crippen LogP contribution < -0.4 is 100 Å². The van der Waals surface area contributed by atoms with Crippen molar-refractivity contribution in [2.45, 2.75) is 76.0 Å². The van der Waals surface area contributed by atoms with Gasteiger partial charge in [-0.1, -0.05) is 18.2 Å². The number of methoxy groups -OCH3 is 3. The first kappa shape index (κ1) is 74.4. The van der Waals surface area contributed by atoms with Crippen LogP contribution in [0.2, 0.25) is 0 Å². The number of aromatic nitrogens is 1. The van der Waals surface area contributed by atoms with E-state index in [2.05, 4.69) is 63.5 Å². The fraction of sp³-hybridized carbons (Fsp3) is 0.297.